The smallest absolute Gasteiger partial charge is 0.241 e. The maximum absolute atomic E-state index is 14.7. The number of rotatable bonds is 9. The summed E-state index contributed by atoms with van der Waals surface area (Å²) in [6.07, 6.45) is -0.464. The fourth-order valence-corrected chi connectivity index (χ4v) is 3.69. The van der Waals surface area contributed by atoms with Gasteiger partial charge in [-0.05, 0) is 34.0 Å². The standard InChI is InChI=1S/C22H30FN3O3/c1-6-25(15-16(2)3)19(27)13-22(17-9-7-8-10-18(17)23)14-20(28)26(21(22)29)12-11-24(4)5/h7-10H,2,6,11-15H2,1,3-5H3. The van der Waals surface area contributed by atoms with Crippen LogP contribution >= 0.6 is 0 Å². The van der Waals surface area contributed by atoms with Crippen LogP contribution in [0.5, 0.6) is 0 Å². The van der Waals surface area contributed by atoms with Crippen LogP contribution in [0.2, 0.25) is 0 Å². The largest absolute Gasteiger partial charge is 0.339 e. The van der Waals surface area contributed by atoms with E-state index >= 15 is 0 Å². The van der Waals surface area contributed by atoms with Crippen molar-refractivity contribution in [3.05, 3.63) is 47.8 Å². The molecule has 6 nitrogen and oxygen atoms in total. The summed E-state index contributed by atoms with van der Waals surface area (Å²) in [6.45, 7) is 8.98. The third kappa shape index (κ3) is 4.90. The van der Waals surface area contributed by atoms with Crippen molar-refractivity contribution >= 4 is 17.7 Å². The zero-order chi connectivity index (χ0) is 21.8. The molecule has 1 fully saturated rings. The quantitative estimate of drug-likeness (QED) is 0.469. The van der Waals surface area contributed by atoms with Crippen molar-refractivity contribution in [2.75, 3.05) is 40.3 Å². The lowest BCUT2D eigenvalue weighted by Crippen LogP contribution is -2.45. The van der Waals surface area contributed by atoms with Crippen LogP contribution in [0.15, 0.2) is 36.4 Å². The Bertz CT molecular complexity index is 808. The SMILES string of the molecule is C=C(C)CN(CC)C(=O)CC1(c2ccccc2F)CC(=O)N(CCN(C)C)C1=O. The van der Waals surface area contributed by atoms with E-state index in [0.29, 0.717) is 19.6 Å². The first-order valence-corrected chi connectivity index (χ1v) is 9.79. The predicted octanol–water partition coefficient (Wildman–Crippen LogP) is 2.20. The van der Waals surface area contributed by atoms with Gasteiger partial charge in [0.05, 0.1) is 5.41 Å². The van der Waals surface area contributed by atoms with Gasteiger partial charge in [0.1, 0.15) is 5.82 Å². The highest BCUT2D eigenvalue weighted by Crippen LogP contribution is 2.41. The van der Waals surface area contributed by atoms with Crippen LogP contribution in [-0.2, 0) is 19.8 Å². The third-order valence-corrected chi connectivity index (χ3v) is 5.22. The molecule has 0 radical (unpaired) electrons. The van der Waals surface area contributed by atoms with Gasteiger partial charge >= 0.3 is 0 Å². The molecule has 1 saturated heterocycles. The monoisotopic (exact) mass is 403 g/mol. The lowest BCUT2D eigenvalue weighted by molar-refractivity contribution is -0.142. The van der Waals surface area contributed by atoms with Gasteiger partial charge in [0, 0.05) is 44.6 Å². The molecule has 3 amide bonds. The molecule has 1 atom stereocenters. The van der Waals surface area contributed by atoms with Gasteiger partial charge in [-0.2, -0.15) is 0 Å². The topological polar surface area (TPSA) is 60.9 Å². The minimum atomic E-state index is -1.52. The number of likely N-dealkylation sites (N-methyl/N-ethyl adjacent to an activating group) is 2. The number of likely N-dealkylation sites (tertiary alicyclic amines) is 1. The molecule has 158 valence electrons. The molecule has 1 aromatic carbocycles. The Hall–Kier alpha value is -2.54. The van der Waals surface area contributed by atoms with E-state index in [0.717, 1.165) is 10.5 Å². The molecule has 0 aliphatic carbocycles. The molecule has 29 heavy (non-hydrogen) atoms. The van der Waals surface area contributed by atoms with Gasteiger partial charge in [-0.1, -0.05) is 30.4 Å². The highest BCUT2D eigenvalue weighted by atomic mass is 19.1. The zero-order valence-electron chi connectivity index (χ0n) is 17.7. The minimum Gasteiger partial charge on any atom is -0.339 e. The maximum Gasteiger partial charge on any atom is 0.241 e. The van der Waals surface area contributed by atoms with Crippen molar-refractivity contribution < 1.29 is 18.8 Å². The van der Waals surface area contributed by atoms with Crippen molar-refractivity contribution in [1.82, 2.24) is 14.7 Å². The second-order valence-corrected chi connectivity index (χ2v) is 7.93. The molecular weight excluding hydrogens is 373 g/mol. The number of amides is 3. The first-order valence-electron chi connectivity index (χ1n) is 9.79. The summed E-state index contributed by atoms with van der Waals surface area (Å²) in [4.78, 5) is 43.8. The number of carbonyl (C=O) groups excluding carboxylic acids is 3. The van der Waals surface area contributed by atoms with Crippen molar-refractivity contribution in [3.8, 4) is 0 Å². The Labute approximate surface area is 172 Å². The summed E-state index contributed by atoms with van der Waals surface area (Å²) < 4.78 is 14.7. The molecule has 0 aromatic heterocycles. The van der Waals surface area contributed by atoms with Crippen LogP contribution in [0.1, 0.15) is 32.3 Å². The molecule has 0 N–H and O–H groups in total. The molecule has 0 spiro atoms. The van der Waals surface area contributed by atoms with Gasteiger partial charge in [0.2, 0.25) is 17.7 Å². The van der Waals surface area contributed by atoms with E-state index in [1.807, 2.05) is 32.8 Å². The first-order chi connectivity index (χ1) is 13.6. The number of nitrogens with zero attached hydrogens (tertiary/aromatic N) is 3. The number of carbonyl (C=O) groups is 3. The van der Waals surface area contributed by atoms with E-state index in [4.69, 9.17) is 0 Å². The summed E-state index contributed by atoms with van der Waals surface area (Å²) in [7, 11) is 3.69. The highest BCUT2D eigenvalue weighted by Gasteiger charge is 2.55. The van der Waals surface area contributed by atoms with Crippen LogP contribution in [0, 0.1) is 5.82 Å². The summed E-state index contributed by atoms with van der Waals surface area (Å²) in [5, 5.41) is 0. The van der Waals surface area contributed by atoms with E-state index in [9.17, 15) is 18.8 Å². The maximum atomic E-state index is 14.7. The Morgan fingerprint density at radius 3 is 2.48 bits per heavy atom. The van der Waals surface area contributed by atoms with Crippen molar-refractivity contribution in [3.63, 3.8) is 0 Å². The lowest BCUT2D eigenvalue weighted by atomic mass is 9.75. The van der Waals surface area contributed by atoms with E-state index < -0.39 is 17.1 Å². The molecule has 0 bridgehead atoms. The highest BCUT2D eigenvalue weighted by molar-refractivity contribution is 6.10. The normalized spacial score (nSPS) is 19.2. The van der Waals surface area contributed by atoms with Gasteiger partial charge in [-0.25, -0.2) is 4.39 Å². The molecule has 1 unspecified atom stereocenters. The Morgan fingerprint density at radius 1 is 1.28 bits per heavy atom. The molecule has 2 rings (SSSR count). The number of imide groups is 1. The average molecular weight is 403 g/mol. The number of halogens is 1. The Balaban J connectivity index is 2.45. The van der Waals surface area contributed by atoms with Crippen LogP contribution in [0.3, 0.4) is 0 Å². The van der Waals surface area contributed by atoms with Gasteiger partial charge < -0.3 is 9.80 Å². The van der Waals surface area contributed by atoms with Crippen LogP contribution in [0.25, 0.3) is 0 Å². The van der Waals surface area contributed by atoms with E-state index in [1.54, 1.807) is 11.0 Å². The number of benzene rings is 1. The molecule has 0 saturated carbocycles. The second-order valence-electron chi connectivity index (χ2n) is 7.93. The predicted molar refractivity (Wildman–Crippen MR) is 110 cm³/mol. The van der Waals surface area contributed by atoms with Crippen molar-refractivity contribution in [1.29, 1.82) is 0 Å². The van der Waals surface area contributed by atoms with Crippen LogP contribution < -0.4 is 0 Å². The van der Waals surface area contributed by atoms with Gasteiger partial charge in [0.15, 0.2) is 0 Å². The fraction of sp³-hybridized carbons (Fsp3) is 0.500. The van der Waals surface area contributed by atoms with Gasteiger partial charge in [0.25, 0.3) is 0 Å². The summed E-state index contributed by atoms with van der Waals surface area (Å²) >= 11 is 0. The number of hydrogen-bond acceptors (Lipinski definition) is 4. The van der Waals surface area contributed by atoms with Crippen LogP contribution in [0.4, 0.5) is 4.39 Å². The average Bonchev–Trinajstić information content (AvgIpc) is 2.88. The Morgan fingerprint density at radius 2 is 1.93 bits per heavy atom. The summed E-state index contributed by atoms with van der Waals surface area (Å²) in [5.41, 5.74) is -0.610. The van der Waals surface area contributed by atoms with E-state index in [-0.39, 0.29) is 36.8 Å². The molecule has 1 heterocycles. The summed E-state index contributed by atoms with van der Waals surface area (Å²) in [5.74, 6) is -1.77. The minimum absolute atomic E-state index is 0.102. The molecule has 7 heteroatoms. The molecular formula is C22H30FN3O3. The van der Waals surface area contributed by atoms with Gasteiger partial charge in [-0.3, -0.25) is 19.3 Å². The van der Waals surface area contributed by atoms with Crippen LogP contribution in [-0.4, -0.2) is 72.7 Å². The van der Waals surface area contributed by atoms with E-state index in [1.165, 1.54) is 18.2 Å². The first kappa shape index (κ1) is 22.7. The van der Waals surface area contributed by atoms with E-state index in [2.05, 4.69) is 6.58 Å². The molecule has 1 aliphatic heterocycles. The Kier molecular flexibility index (Phi) is 7.30. The third-order valence-electron chi connectivity index (χ3n) is 5.22. The van der Waals surface area contributed by atoms with Crippen molar-refractivity contribution in [2.45, 2.75) is 32.1 Å². The lowest BCUT2D eigenvalue weighted by Gasteiger charge is -2.30. The van der Waals surface area contributed by atoms with Crippen molar-refractivity contribution in [2.24, 2.45) is 0 Å². The summed E-state index contributed by atoms with van der Waals surface area (Å²) in [6, 6.07) is 5.90. The molecule has 1 aliphatic rings. The molecule has 1 aromatic rings. The van der Waals surface area contributed by atoms with Gasteiger partial charge in [-0.15, -0.1) is 0 Å². The second kappa shape index (κ2) is 9.31. The number of hydrogen-bond donors (Lipinski definition) is 0. The zero-order valence-corrected chi connectivity index (χ0v) is 17.7. The fourth-order valence-electron chi connectivity index (χ4n) is 3.69.